The first-order valence-corrected chi connectivity index (χ1v) is 11.5. The van der Waals surface area contributed by atoms with E-state index in [1.165, 1.54) is 24.5 Å². The molecule has 1 aromatic carbocycles. The molecule has 0 bridgehead atoms. The van der Waals surface area contributed by atoms with Gasteiger partial charge in [-0.25, -0.2) is 4.98 Å². The van der Waals surface area contributed by atoms with Crippen molar-refractivity contribution in [2.45, 2.75) is 19.3 Å². The Bertz CT molecular complexity index is 1280. The number of carbonyl (C=O) groups excluding carboxylic acids is 2. The van der Waals surface area contributed by atoms with Gasteiger partial charge in [0.25, 0.3) is 5.91 Å². The van der Waals surface area contributed by atoms with Crippen LogP contribution in [-0.4, -0.2) is 65.4 Å². The van der Waals surface area contributed by atoms with Gasteiger partial charge in [-0.1, -0.05) is 0 Å². The van der Waals surface area contributed by atoms with Crippen LogP contribution in [0.15, 0.2) is 54.9 Å². The minimum absolute atomic E-state index is 0.0272. The minimum atomic E-state index is -5.01. The Morgan fingerprint density at radius 2 is 1.79 bits per heavy atom. The Morgan fingerprint density at radius 1 is 1.03 bits per heavy atom. The number of hydrogen-bond donors (Lipinski definition) is 2. The molecular weight excluding hydrogens is 510 g/mol. The number of nitrogens with one attached hydrogen (secondary N) is 2. The summed E-state index contributed by atoms with van der Waals surface area (Å²) in [6.07, 6.45) is -2.33. The number of anilines is 2. The zero-order chi connectivity index (χ0) is 27.3. The summed E-state index contributed by atoms with van der Waals surface area (Å²) in [5.41, 5.74) is 1.02. The van der Waals surface area contributed by atoms with E-state index in [4.69, 9.17) is 4.74 Å². The van der Waals surface area contributed by atoms with Crippen molar-refractivity contribution < 1.29 is 36.6 Å². The normalized spacial score (nSPS) is 15.0. The predicted molar refractivity (Wildman–Crippen MR) is 129 cm³/mol. The van der Waals surface area contributed by atoms with E-state index in [0.717, 1.165) is 18.2 Å². The molecule has 1 unspecified atom stereocenters. The molecule has 1 atom stereocenters. The van der Waals surface area contributed by atoms with Crippen molar-refractivity contribution in [3.05, 3.63) is 66.4 Å². The molecule has 2 N–H and O–H groups in total. The molecule has 0 saturated carbocycles. The van der Waals surface area contributed by atoms with Gasteiger partial charge < -0.3 is 20.1 Å². The van der Waals surface area contributed by atoms with Crippen molar-refractivity contribution in [1.29, 1.82) is 0 Å². The molecule has 1 aliphatic heterocycles. The fraction of sp³-hybridized carbons (Fsp3) is 0.280. The fourth-order valence-corrected chi connectivity index (χ4v) is 3.72. The Morgan fingerprint density at radius 3 is 2.42 bits per heavy atom. The van der Waals surface area contributed by atoms with E-state index in [9.17, 15) is 27.2 Å². The van der Waals surface area contributed by atoms with Crippen LogP contribution in [0.2, 0.25) is 0 Å². The third kappa shape index (κ3) is 7.01. The third-order valence-electron chi connectivity index (χ3n) is 5.74. The van der Waals surface area contributed by atoms with E-state index in [-0.39, 0.29) is 11.3 Å². The maximum absolute atomic E-state index is 13.0. The average Bonchev–Trinajstić information content (AvgIpc) is 2.90. The number of halogens is 4. The highest BCUT2D eigenvalue weighted by Gasteiger charge is 2.33. The molecule has 3 heterocycles. The van der Waals surface area contributed by atoms with Crippen LogP contribution in [0.1, 0.15) is 17.3 Å². The van der Waals surface area contributed by atoms with Crippen molar-refractivity contribution in [3.63, 3.8) is 0 Å². The summed E-state index contributed by atoms with van der Waals surface area (Å²) in [4.78, 5) is 35.2. The number of carbonyl (C=O) groups is 2. The van der Waals surface area contributed by atoms with Gasteiger partial charge in [0.1, 0.15) is 0 Å². The average molecular weight is 533 g/mol. The van der Waals surface area contributed by atoms with E-state index in [1.807, 2.05) is 4.90 Å². The van der Waals surface area contributed by atoms with E-state index < -0.39 is 35.9 Å². The molecule has 1 aliphatic rings. The van der Waals surface area contributed by atoms with Gasteiger partial charge in [0.05, 0.1) is 42.5 Å². The van der Waals surface area contributed by atoms with Crippen molar-refractivity contribution in [1.82, 2.24) is 14.9 Å². The zero-order valence-electron chi connectivity index (χ0n) is 20.1. The number of aromatic nitrogens is 2. The SMILES string of the molecule is CC(C(=O)Nc1cc(C(=O)Nc2ccc(-c3ccc(F)nc3)nc2)ccc1OC(F)(F)F)N1CCOCC1. The molecule has 4 rings (SSSR count). The van der Waals surface area contributed by atoms with Crippen LogP contribution >= 0.6 is 0 Å². The highest BCUT2D eigenvalue weighted by molar-refractivity contribution is 6.06. The van der Waals surface area contributed by atoms with E-state index >= 15 is 0 Å². The highest BCUT2D eigenvalue weighted by atomic mass is 19.4. The summed E-state index contributed by atoms with van der Waals surface area (Å²) in [5.74, 6) is -2.50. The number of benzene rings is 1. The maximum atomic E-state index is 13.0. The van der Waals surface area contributed by atoms with Crippen LogP contribution in [0.5, 0.6) is 5.75 Å². The fourth-order valence-electron chi connectivity index (χ4n) is 3.72. The number of rotatable bonds is 7. The molecule has 1 fully saturated rings. The van der Waals surface area contributed by atoms with Gasteiger partial charge in [0.2, 0.25) is 11.9 Å². The number of hydrogen-bond acceptors (Lipinski definition) is 7. The second-order valence-electron chi connectivity index (χ2n) is 8.33. The topological polar surface area (TPSA) is 106 Å². The Kier molecular flexibility index (Phi) is 8.17. The van der Waals surface area contributed by atoms with Crippen LogP contribution in [0.4, 0.5) is 28.9 Å². The molecule has 1 saturated heterocycles. The van der Waals surface area contributed by atoms with E-state index in [0.29, 0.717) is 43.2 Å². The molecule has 9 nitrogen and oxygen atoms in total. The molecule has 0 spiro atoms. The summed E-state index contributed by atoms with van der Waals surface area (Å²) >= 11 is 0. The van der Waals surface area contributed by atoms with Gasteiger partial charge in [-0.15, -0.1) is 13.2 Å². The molecule has 38 heavy (non-hydrogen) atoms. The van der Waals surface area contributed by atoms with E-state index in [1.54, 1.807) is 19.1 Å². The third-order valence-corrected chi connectivity index (χ3v) is 5.74. The first kappa shape index (κ1) is 26.9. The standard InChI is InChI=1S/C25H23F4N5O4/c1-15(34-8-10-37-11-9-34)23(35)33-20-12-16(2-6-21(20)38-25(27,28)29)24(36)32-18-4-5-19(30-14-18)17-3-7-22(26)31-13-17/h2-7,12-15H,8-11H2,1H3,(H,32,36)(H,33,35). The zero-order valence-corrected chi connectivity index (χ0v) is 20.1. The molecule has 2 aromatic heterocycles. The lowest BCUT2D eigenvalue weighted by Gasteiger charge is -2.31. The second-order valence-corrected chi connectivity index (χ2v) is 8.33. The van der Waals surface area contributed by atoms with Crippen molar-refractivity contribution in [2.24, 2.45) is 0 Å². The molecular formula is C25H23F4N5O4. The highest BCUT2D eigenvalue weighted by Crippen LogP contribution is 2.32. The molecule has 200 valence electrons. The quantitative estimate of drug-likeness (QED) is 0.348. The number of pyridine rings is 2. The van der Waals surface area contributed by atoms with Crippen LogP contribution in [0.3, 0.4) is 0 Å². The summed E-state index contributed by atoms with van der Waals surface area (Å²) < 4.78 is 61.2. The largest absolute Gasteiger partial charge is 0.573 e. The van der Waals surface area contributed by atoms with Crippen molar-refractivity contribution in [2.75, 3.05) is 36.9 Å². The minimum Gasteiger partial charge on any atom is -0.404 e. The lowest BCUT2D eigenvalue weighted by atomic mass is 10.1. The van der Waals surface area contributed by atoms with Crippen LogP contribution in [0, 0.1) is 5.95 Å². The Hall–Kier alpha value is -4.10. The smallest absolute Gasteiger partial charge is 0.404 e. The first-order valence-electron chi connectivity index (χ1n) is 11.5. The van der Waals surface area contributed by atoms with Gasteiger partial charge in [-0.05, 0) is 49.4 Å². The van der Waals surface area contributed by atoms with Crippen molar-refractivity contribution >= 4 is 23.2 Å². The lowest BCUT2D eigenvalue weighted by Crippen LogP contribution is -2.47. The Labute approximate surface area is 214 Å². The predicted octanol–water partition coefficient (Wildman–Crippen LogP) is 4.09. The van der Waals surface area contributed by atoms with Gasteiger partial charge in [0.15, 0.2) is 5.75 Å². The number of amides is 2. The van der Waals surface area contributed by atoms with Gasteiger partial charge >= 0.3 is 6.36 Å². The second kappa shape index (κ2) is 11.5. The van der Waals surface area contributed by atoms with Crippen LogP contribution in [0.25, 0.3) is 11.3 Å². The molecule has 0 radical (unpaired) electrons. The van der Waals surface area contributed by atoms with E-state index in [2.05, 4.69) is 25.3 Å². The van der Waals surface area contributed by atoms with Gasteiger partial charge in [0, 0.05) is 30.4 Å². The molecule has 2 amide bonds. The summed E-state index contributed by atoms with van der Waals surface area (Å²) in [6.45, 7) is 3.49. The number of alkyl halides is 3. The van der Waals surface area contributed by atoms with Gasteiger partial charge in [-0.3, -0.25) is 19.5 Å². The molecule has 13 heteroatoms. The first-order chi connectivity index (χ1) is 18.1. The lowest BCUT2D eigenvalue weighted by molar-refractivity contribution is -0.274. The van der Waals surface area contributed by atoms with Crippen LogP contribution in [-0.2, 0) is 9.53 Å². The maximum Gasteiger partial charge on any atom is 0.573 e. The Balaban J connectivity index is 1.50. The van der Waals surface area contributed by atoms with Crippen molar-refractivity contribution in [3.8, 4) is 17.0 Å². The summed E-state index contributed by atoms with van der Waals surface area (Å²) in [5, 5.41) is 5.04. The van der Waals surface area contributed by atoms with Gasteiger partial charge in [-0.2, -0.15) is 4.39 Å². The number of morpholine rings is 1. The molecule has 3 aromatic rings. The monoisotopic (exact) mass is 533 g/mol. The number of nitrogens with zero attached hydrogens (tertiary/aromatic N) is 3. The number of ether oxygens (including phenoxy) is 2. The molecule has 0 aliphatic carbocycles. The summed E-state index contributed by atoms with van der Waals surface area (Å²) in [6, 6.07) is 8.38. The van der Waals surface area contributed by atoms with Crippen LogP contribution < -0.4 is 15.4 Å². The summed E-state index contributed by atoms with van der Waals surface area (Å²) in [7, 11) is 0.